The van der Waals surface area contributed by atoms with Gasteiger partial charge in [0.15, 0.2) is 0 Å². The van der Waals surface area contributed by atoms with Crippen molar-refractivity contribution in [2.75, 3.05) is 0 Å². The van der Waals surface area contributed by atoms with E-state index >= 15 is 0 Å². The normalized spacial score (nSPS) is 17.0. The Kier molecular flexibility index (Phi) is 3.18. The molecule has 0 aliphatic heterocycles. The lowest BCUT2D eigenvalue weighted by Crippen LogP contribution is -2.20. The van der Waals surface area contributed by atoms with Crippen LogP contribution in [0.3, 0.4) is 0 Å². The van der Waals surface area contributed by atoms with Crippen molar-refractivity contribution in [2.45, 2.75) is 38.2 Å². The maximum absolute atomic E-state index is 8.88. The Morgan fingerprint density at radius 1 is 1.33 bits per heavy atom. The quantitative estimate of drug-likeness (QED) is 0.740. The van der Waals surface area contributed by atoms with Crippen molar-refractivity contribution in [1.82, 2.24) is 4.98 Å². The molecule has 3 heteroatoms. The summed E-state index contributed by atoms with van der Waals surface area (Å²) in [5.74, 6) is 0.492. The zero-order valence-electron chi connectivity index (χ0n) is 8.65. The molecule has 1 fully saturated rings. The Bertz CT molecular complexity index is 364. The lowest BCUT2D eigenvalue weighted by atomic mass is 9.98. The van der Waals surface area contributed by atoms with E-state index in [1.165, 1.54) is 19.3 Å². The van der Waals surface area contributed by atoms with E-state index in [9.17, 15) is 0 Å². The summed E-state index contributed by atoms with van der Waals surface area (Å²) in [5.41, 5.74) is 0.531. The predicted molar refractivity (Wildman–Crippen MR) is 56.5 cm³/mol. The standard InChI is InChI=1S/C12H14N2O/c13-9-10-5-4-8-14-12(10)15-11-6-2-1-3-7-11/h4-5,8,11H,1-3,6-7H2. The van der Waals surface area contributed by atoms with E-state index in [0.717, 1.165) is 12.8 Å². The van der Waals surface area contributed by atoms with Crippen molar-refractivity contribution in [2.24, 2.45) is 0 Å². The molecule has 0 unspecified atom stereocenters. The van der Waals surface area contributed by atoms with Gasteiger partial charge in [-0.3, -0.25) is 0 Å². The number of nitriles is 1. The fourth-order valence-electron chi connectivity index (χ4n) is 1.91. The van der Waals surface area contributed by atoms with E-state index in [4.69, 9.17) is 10.00 Å². The Morgan fingerprint density at radius 2 is 2.13 bits per heavy atom. The number of hydrogen-bond donors (Lipinski definition) is 0. The lowest BCUT2D eigenvalue weighted by molar-refractivity contribution is 0.148. The highest BCUT2D eigenvalue weighted by Crippen LogP contribution is 2.23. The van der Waals surface area contributed by atoms with E-state index in [-0.39, 0.29) is 6.10 Å². The van der Waals surface area contributed by atoms with Crippen molar-refractivity contribution in [3.63, 3.8) is 0 Å². The van der Waals surface area contributed by atoms with Crippen molar-refractivity contribution < 1.29 is 4.74 Å². The highest BCUT2D eigenvalue weighted by atomic mass is 16.5. The second-order valence-electron chi connectivity index (χ2n) is 3.85. The first-order chi connectivity index (χ1) is 7.40. The van der Waals surface area contributed by atoms with Crippen LogP contribution >= 0.6 is 0 Å². The van der Waals surface area contributed by atoms with Crippen LogP contribution < -0.4 is 4.74 Å². The van der Waals surface area contributed by atoms with Crippen LogP contribution in [0.15, 0.2) is 18.3 Å². The molecule has 1 heterocycles. The number of aromatic nitrogens is 1. The van der Waals surface area contributed by atoms with Crippen molar-refractivity contribution in [3.05, 3.63) is 23.9 Å². The molecule has 0 atom stereocenters. The average molecular weight is 202 g/mol. The summed E-state index contributed by atoms with van der Waals surface area (Å²) < 4.78 is 5.74. The van der Waals surface area contributed by atoms with Gasteiger partial charge in [-0.1, -0.05) is 6.42 Å². The zero-order valence-corrected chi connectivity index (χ0v) is 8.65. The van der Waals surface area contributed by atoms with Gasteiger partial charge >= 0.3 is 0 Å². The number of hydrogen-bond acceptors (Lipinski definition) is 3. The molecular formula is C12H14N2O. The third kappa shape index (κ3) is 2.47. The molecule has 0 saturated heterocycles. The third-order valence-electron chi connectivity index (χ3n) is 2.72. The van der Waals surface area contributed by atoms with Gasteiger partial charge in [-0.25, -0.2) is 4.98 Å². The van der Waals surface area contributed by atoms with E-state index in [1.54, 1.807) is 18.3 Å². The Hall–Kier alpha value is -1.56. The van der Waals surface area contributed by atoms with Crippen LogP contribution in [-0.4, -0.2) is 11.1 Å². The Labute approximate surface area is 89.7 Å². The first kappa shape index (κ1) is 9.97. The number of ether oxygens (including phenoxy) is 1. The summed E-state index contributed by atoms with van der Waals surface area (Å²) in [7, 11) is 0. The first-order valence-corrected chi connectivity index (χ1v) is 5.42. The number of rotatable bonds is 2. The molecule has 0 spiro atoms. The fraction of sp³-hybridized carbons (Fsp3) is 0.500. The molecule has 3 nitrogen and oxygen atoms in total. The largest absolute Gasteiger partial charge is 0.473 e. The molecule has 0 N–H and O–H groups in total. The van der Waals surface area contributed by atoms with E-state index in [0.29, 0.717) is 11.4 Å². The van der Waals surface area contributed by atoms with Crippen molar-refractivity contribution >= 4 is 0 Å². The van der Waals surface area contributed by atoms with Gasteiger partial charge in [0.2, 0.25) is 5.88 Å². The molecule has 0 aromatic carbocycles. The molecule has 2 rings (SSSR count). The molecule has 0 radical (unpaired) electrons. The minimum Gasteiger partial charge on any atom is -0.473 e. The molecule has 78 valence electrons. The number of pyridine rings is 1. The fourth-order valence-corrected chi connectivity index (χ4v) is 1.91. The van der Waals surface area contributed by atoms with Crippen LogP contribution in [-0.2, 0) is 0 Å². The predicted octanol–water partition coefficient (Wildman–Crippen LogP) is 2.66. The van der Waals surface area contributed by atoms with Gasteiger partial charge in [0.25, 0.3) is 0 Å². The molecule has 1 aliphatic carbocycles. The highest BCUT2D eigenvalue weighted by molar-refractivity contribution is 5.37. The second-order valence-corrected chi connectivity index (χ2v) is 3.85. The van der Waals surface area contributed by atoms with E-state index < -0.39 is 0 Å². The Morgan fingerprint density at radius 3 is 2.87 bits per heavy atom. The van der Waals surface area contributed by atoms with Gasteiger partial charge < -0.3 is 4.74 Å². The minimum absolute atomic E-state index is 0.251. The molecule has 1 aromatic rings. The van der Waals surface area contributed by atoms with E-state index in [1.807, 2.05) is 0 Å². The van der Waals surface area contributed by atoms with Gasteiger partial charge in [-0.2, -0.15) is 5.26 Å². The highest BCUT2D eigenvalue weighted by Gasteiger charge is 2.16. The van der Waals surface area contributed by atoms with E-state index in [2.05, 4.69) is 11.1 Å². The van der Waals surface area contributed by atoms with Crippen LogP contribution in [0.5, 0.6) is 5.88 Å². The third-order valence-corrected chi connectivity index (χ3v) is 2.72. The summed E-state index contributed by atoms with van der Waals surface area (Å²) in [6.07, 6.45) is 7.83. The molecule has 15 heavy (non-hydrogen) atoms. The molecular weight excluding hydrogens is 188 g/mol. The minimum atomic E-state index is 0.251. The van der Waals surface area contributed by atoms with Crippen molar-refractivity contribution in [3.8, 4) is 11.9 Å². The van der Waals surface area contributed by atoms with Crippen LogP contribution in [0.1, 0.15) is 37.7 Å². The van der Waals surface area contributed by atoms with Crippen LogP contribution in [0.4, 0.5) is 0 Å². The summed E-state index contributed by atoms with van der Waals surface area (Å²) in [5, 5.41) is 8.88. The molecule has 0 amide bonds. The van der Waals surface area contributed by atoms with Gasteiger partial charge in [0.05, 0.1) is 0 Å². The van der Waals surface area contributed by atoms with Gasteiger partial charge in [-0.05, 0) is 37.8 Å². The summed E-state index contributed by atoms with van der Waals surface area (Å²) >= 11 is 0. The second kappa shape index (κ2) is 4.79. The molecule has 1 saturated carbocycles. The van der Waals surface area contributed by atoms with Gasteiger partial charge in [0, 0.05) is 6.20 Å². The van der Waals surface area contributed by atoms with Gasteiger partial charge in [0.1, 0.15) is 17.7 Å². The van der Waals surface area contributed by atoms with Crippen LogP contribution in [0.2, 0.25) is 0 Å². The maximum Gasteiger partial charge on any atom is 0.231 e. The molecule has 0 bridgehead atoms. The lowest BCUT2D eigenvalue weighted by Gasteiger charge is -2.22. The first-order valence-electron chi connectivity index (χ1n) is 5.42. The SMILES string of the molecule is N#Cc1cccnc1OC1CCCCC1. The summed E-state index contributed by atoms with van der Waals surface area (Å²) in [6.45, 7) is 0. The van der Waals surface area contributed by atoms with Gasteiger partial charge in [-0.15, -0.1) is 0 Å². The smallest absolute Gasteiger partial charge is 0.231 e. The van der Waals surface area contributed by atoms with Crippen LogP contribution in [0.25, 0.3) is 0 Å². The average Bonchev–Trinajstić information content (AvgIpc) is 2.31. The molecule has 1 aliphatic rings. The van der Waals surface area contributed by atoms with Crippen molar-refractivity contribution in [1.29, 1.82) is 5.26 Å². The summed E-state index contributed by atoms with van der Waals surface area (Å²) in [4.78, 5) is 4.10. The summed E-state index contributed by atoms with van der Waals surface area (Å²) in [6, 6.07) is 5.60. The maximum atomic E-state index is 8.88. The Balaban J connectivity index is 2.06. The monoisotopic (exact) mass is 202 g/mol. The number of nitrogens with zero attached hydrogens (tertiary/aromatic N) is 2. The molecule has 1 aromatic heterocycles. The topological polar surface area (TPSA) is 45.9 Å². The van der Waals surface area contributed by atoms with Crippen LogP contribution in [0, 0.1) is 11.3 Å². The zero-order chi connectivity index (χ0) is 10.5.